The van der Waals surface area contributed by atoms with Gasteiger partial charge >= 0.3 is 5.92 Å². The van der Waals surface area contributed by atoms with E-state index >= 15 is 13.2 Å². The van der Waals surface area contributed by atoms with Crippen LogP contribution in [0.1, 0.15) is 72.2 Å². The molecule has 5 rings (SSSR count). The van der Waals surface area contributed by atoms with E-state index in [1.807, 2.05) is 7.05 Å². The molecule has 3 amide bonds. The van der Waals surface area contributed by atoms with Crippen molar-refractivity contribution in [1.29, 1.82) is 0 Å². The zero-order valence-corrected chi connectivity index (χ0v) is 29.6. The number of nitrogens with one attached hydrogen (secondary N) is 2. The van der Waals surface area contributed by atoms with E-state index in [2.05, 4.69) is 30.1 Å². The molecule has 3 aromatic rings. The summed E-state index contributed by atoms with van der Waals surface area (Å²) in [6, 6.07) is 5.29. The molecule has 16 heteroatoms. The molecule has 0 radical (unpaired) electrons. The van der Waals surface area contributed by atoms with Crippen LogP contribution in [0.2, 0.25) is 0 Å². The minimum Gasteiger partial charge on any atom is -0.481 e. The lowest BCUT2D eigenvalue weighted by Crippen LogP contribution is -2.55. The Morgan fingerprint density at radius 1 is 1.04 bits per heavy atom. The maximum atomic E-state index is 15.7. The van der Waals surface area contributed by atoms with Gasteiger partial charge < -0.3 is 25.2 Å². The number of pyridine rings is 1. The molecule has 1 aromatic carbocycles. The van der Waals surface area contributed by atoms with E-state index in [0.29, 0.717) is 44.6 Å². The van der Waals surface area contributed by atoms with Gasteiger partial charge in [-0.3, -0.25) is 19.2 Å². The smallest absolute Gasteiger partial charge is 0.331 e. The van der Waals surface area contributed by atoms with E-state index in [-0.39, 0.29) is 28.3 Å². The standard InChI is InChI=1S/C35H42F3N7O5S/c1-21(31(42-33(48)28-20-40-43-51-28)34(49)45-15-13-44(2)14-16-45)23-9-11-27(26(36)17-23)41-32(47)25(22-7-5-4-6-8-22)18-29(46)35(37,38)24-10-12-30(50-3)39-19-24/h9-12,17,19-22,25,31H,4-8,13-16,18H2,1-3H3,(H,41,47)(H,42,48)/t21-,25-,31+/m0/s1. The van der Waals surface area contributed by atoms with Gasteiger partial charge in [0.25, 0.3) is 5.91 Å². The number of halogens is 3. The summed E-state index contributed by atoms with van der Waals surface area (Å²) in [5.74, 6) is -9.78. The highest BCUT2D eigenvalue weighted by molar-refractivity contribution is 7.07. The highest BCUT2D eigenvalue weighted by atomic mass is 32.1. The first kappa shape index (κ1) is 37.8. The first-order valence-corrected chi connectivity index (χ1v) is 17.7. The molecule has 2 aliphatic rings. The first-order valence-electron chi connectivity index (χ1n) is 17.0. The van der Waals surface area contributed by atoms with Gasteiger partial charge in [0.05, 0.1) is 19.0 Å². The fourth-order valence-electron chi connectivity index (χ4n) is 6.62. The van der Waals surface area contributed by atoms with E-state index < -0.39 is 59.2 Å². The number of ether oxygens (including phenoxy) is 1. The molecule has 2 aromatic heterocycles. The topological polar surface area (TPSA) is 147 Å². The summed E-state index contributed by atoms with van der Waals surface area (Å²) in [6.07, 6.45) is 5.08. The van der Waals surface area contributed by atoms with Crippen molar-refractivity contribution < 1.29 is 37.1 Å². The van der Waals surface area contributed by atoms with Crippen molar-refractivity contribution in [3.63, 3.8) is 0 Å². The Balaban J connectivity index is 1.34. The SMILES string of the molecule is COc1ccc(C(F)(F)C(=O)C[C@H](C(=O)Nc2ccc([C@H](C)[C@@H](NC(=O)c3cnns3)C(=O)N3CCN(C)CC3)cc2F)C2CCCCC2)cn1. The molecule has 274 valence electrons. The molecular formula is C35H42F3N7O5S. The van der Waals surface area contributed by atoms with Crippen molar-refractivity contribution in [3.05, 3.63) is 64.5 Å². The number of hydrogen-bond donors (Lipinski definition) is 2. The highest BCUT2D eigenvalue weighted by Crippen LogP contribution is 2.38. The number of methoxy groups -OCH3 is 1. The summed E-state index contributed by atoms with van der Waals surface area (Å²) in [5.41, 5.74) is -0.430. The summed E-state index contributed by atoms with van der Waals surface area (Å²) in [5, 5.41) is 9.02. The zero-order valence-electron chi connectivity index (χ0n) is 28.7. The van der Waals surface area contributed by atoms with Crippen molar-refractivity contribution >= 4 is 40.7 Å². The second kappa shape index (κ2) is 16.7. The molecule has 1 aliphatic heterocycles. The van der Waals surface area contributed by atoms with Crippen LogP contribution in [0.15, 0.2) is 42.7 Å². The molecule has 1 aliphatic carbocycles. The number of nitrogens with zero attached hydrogens (tertiary/aromatic N) is 5. The van der Waals surface area contributed by atoms with Gasteiger partial charge in [0.1, 0.15) is 16.7 Å². The number of anilines is 1. The molecule has 0 bridgehead atoms. The third kappa shape index (κ3) is 9.08. The molecular weight excluding hydrogens is 687 g/mol. The number of likely N-dealkylation sites (N-methyl/N-ethyl adjacent to an activating group) is 1. The van der Waals surface area contributed by atoms with Gasteiger partial charge in [-0.2, -0.15) is 8.78 Å². The largest absolute Gasteiger partial charge is 0.481 e. The van der Waals surface area contributed by atoms with Gasteiger partial charge in [-0.1, -0.05) is 36.7 Å². The molecule has 2 N–H and O–H groups in total. The second-order valence-electron chi connectivity index (χ2n) is 13.2. The third-order valence-corrected chi connectivity index (χ3v) is 10.5. The van der Waals surface area contributed by atoms with Crippen molar-refractivity contribution in [2.75, 3.05) is 45.7 Å². The van der Waals surface area contributed by atoms with E-state index in [1.165, 1.54) is 31.5 Å². The van der Waals surface area contributed by atoms with Crippen LogP contribution in [0.5, 0.6) is 5.88 Å². The number of Topliss-reactive ketones (excluding diaryl/α,β-unsaturated/α-hetero) is 1. The molecule has 12 nitrogen and oxygen atoms in total. The molecule has 3 atom stereocenters. The minimum atomic E-state index is -3.90. The van der Waals surface area contributed by atoms with Crippen molar-refractivity contribution in [1.82, 2.24) is 29.7 Å². The summed E-state index contributed by atoms with van der Waals surface area (Å²) < 4.78 is 55.0. The first-order chi connectivity index (χ1) is 24.4. The predicted molar refractivity (Wildman–Crippen MR) is 183 cm³/mol. The second-order valence-corrected chi connectivity index (χ2v) is 14.0. The summed E-state index contributed by atoms with van der Waals surface area (Å²) in [4.78, 5) is 61.3. The van der Waals surface area contributed by atoms with Crippen molar-refractivity contribution in [2.24, 2.45) is 11.8 Å². The molecule has 1 saturated heterocycles. The van der Waals surface area contributed by atoms with Crippen LogP contribution >= 0.6 is 11.5 Å². The maximum absolute atomic E-state index is 15.7. The lowest BCUT2D eigenvalue weighted by atomic mass is 9.76. The normalized spacial score (nSPS) is 17.6. The van der Waals surface area contributed by atoms with E-state index in [9.17, 15) is 19.2 Å². The predicted octanol–water partition coefficient (Wildman–Crippen LogP) is 4.64. The van der Waals surface area contributed by atoms with Gasteiger partial charge in [0.2, 0.25) is 23.5 Å². The summed E-state index contributed by atoms with van der Waals surface area (Å²) in [7, 11) is 3.29. The molecule has 1 saturated carbocycles. The number of rotatable bonds is 13. The van der Waals surface area contributed by atoms with Crippen LogP contribution in [0, 0.1) is 17.7 Å². The minimum absolute atomic E-state index is 0.110. The number of amides is 3. The van der Waals surface area contributed by atoms with E-state index in [0.717, 1.165) is 43.1 Å². The number of hydrogen-bond acceptors (Lipinski definition) is 10. The summed E-state index contributed by atoms with van der Waals surface area (Å²) >= 11 is 0.881. The van der Waals surface area contributed by atoms with Gasteiger partial charge in [-0.05, 0) is 61.1 Å². The Bertz CT molecular complexity index is 1680. The van der Waals surface area contributed by atoms with Gasteiger partial charge in [-0.15, -0.1) is 5.10 Å². The lowest BCUT2D eigenvalue weighted by Gasteiger charge is -2.36. The quantitative estimate of drug-likeness (QED) is 0.257. The zero-order chi connectivity index (χ0) is 36.7. The van der Waals surface area contributed by atoms with Crippen LogP contribution < -0.4 is 15.4 Å². The number of carbonyl (C=O) groups is 4. The monoisotopic (exact) mass is 729 g/mol. The number of alkyl halides is 2. The van der Waals surface area contributed by atoms with Crippen LogP contribution in [0.4, 0.5) is 18.9 Å². The number of piperazine rings is 1. The lowest BCUT2D eigenvalue weighted by molar-refractivity contribution is -0.147. The van der Waals surface area contributed by atoms with Gasteiger partial charge in [0, 0.05) is 62.3 Å². The molecule has 3 heterocycles. The Morgan fingerprint density at radius 3 is 2.37 bits per heavy atom. The van der Waals surface area contributed by atoms with Gasteiger partial charge in [0.15, 0.2) is 0 Å². The summed E-state index contributed by atoms with van der Waals surface area (Å²) in [6.45, 7) is 3.94. The van der Waals surface area contributed by atoms with Crippen molar-refractivity contribution in [3.8, 4) is 5.88 Å². The van der Waals surface area contributed by atoms with Crippen LogP contribution in [-0.2, 0) is 20.3 Å². The number of benzene rings is 1. The third-order valence-electron chi connectivity index (χ3n) is 9.85. The van der Waals surface area contributed by atoms with Crippen LogP contribution in [-0.4, -0.2) is 94.3 Å². The Hall–Kier alpha value is -4.44. The maximum Gasteiger partial charge on any atom is 0.331 e. The fraction of sp³-hybridized carbons (Fsp3) is 0.514. The van der Waals surface area contributed by atoms with E-state index in [1.54, 1.807) is 17.9 Å². The molecule has 2 fully saturated rings. The highest BCUT2D eigenvalue weighted by Gasteiger charge is 2.44. The van der Waals surface area contributed by atoms with Crippen molar-refractivity contribution in [2.45, 2.75) is 63.3 Å². The average molecular weight is 730 g/mol. The number of carbonyl (C=O) groups excluding carboxylic acids is 4. The Labute approximate surface area is 298 Å². The average Bonchev–Trinajstić information content (AvgIpc) is 3.69. The number of aromatic nitrogens is 3. The number of ketones is 1. The molecule has 51 heavy (non-hydrogen) atoms. The molecule has 0 spiro atoms. The Kier molecular flexibility index (Phi) is 12.4. The van der Waals surface area contributed by atoms with Crippen LogP contribution in [0.25, 0.3) is 0 Å². The fourth-order valence-corrected chi connectivity index (χ4v) is 7.04. The van der Waals surface area contributed by atoms with Crippen LogP contribution in [0.3, 0.4) is 0 Å². The Morgan fingerprint density at radius 2 is 1.76 bits per heavy atom. The van der Waals surface area contributed by atoms with E-state index in [4.69, 9.17) is 4.74 Å². The van der Waals surface area contributed by atoms with Gasteiger partial charge in [-0.25, -0.2) is 9.37 Å². The molecule has 0 unspecified atom stereocenters.